The van der Waals surface area contributed by atoms with E-state index in [9.17, 15) is 19.8 Å². The lowest BCUT2D eigenvalue weighted by atomic mass is 9.77. The summed E-state index contributed by atoms with van der Waals surface area (Å²) in [5.41, 5.74) is -4.66. The average Bonchev–Trinajstić information content (AvgIpc) is 2.93. The van der Waals surface area contributed by atoms with Crippen LogP contribution in [0.3, 0.4) is 0 Å². The van der Waals surface area contributed by atoms with Crippen molar-refractivity contribution in [3.05, 3.63) is 0 Å². The molecule has 2 aliphatic carbocycles. The van der Waals surface area contributed by atoms with Gasteiger partial charge >= 0.3 is 12.2 Å². The molecule has 0 aromatic heterocycles. The molecule has 0 radical (unpaired) electrons. The Labute approximate surface area is 165 Å². The van der Waals surface area contributed by atoms with E-state index in [1.807, 2.05) is 0 Å². The van der Waals surface area contributed by atoms with E-state index in [1.54, 1.807) is 13.8 Å². The summed E-state index contributed by atoms with van der Waals surface area (Å²) < 4.78 is 11.3. The highest BCUT2D eigenvalue weighted by Crippen LogP contribution is 2.48. The zero-order chi connectivity index (χ0) is 20.2. The molecule has 158 valence electrons. The highest BCUT2D eigenvalue weighted by atomic mass is 16.6. The maximum atomic E-state index is 12.6. The molecule has 0 aromatic rings. The highest BCUT2D eigenvalue weighted by Gasteiger charge is 2.64. The number of ether oxygens (including phenoxy) is 2. The van der Waals surface area contributed by atoms with Gasteiger partial charge < -0.3 is 19.7 Å². The zero-order valence-electron chi connectivity index (χ0n) is 16.9. The van der Waals surface area contributed by atoms with Crippen LogP contribution in [0.25, 0.3) is 0 Å². The van der Waals surface area contributed by atoms with Gasteiger partial charge in [0.2, 0.25) is 0 Å². The molecule has 2 aliphatic heterocycles. The number of rotatable bonds is 3. The van der Waals surface area contributed by atoms with Gasteiger partial charge in [-0.25, -0.2) is 9.59 Å². The standard InChI is InChI=1S/C20H32N2O6/c1-17(25)19(9-5-3-6-10-19)27-15(23)21(17)13-14-22-16(24)28-20(18(22,2)26)11-7-4-8-12-20/h25-26H,3-14H2,1-2H3/t17-,18+. The van der Waals surface area contributed by atoms with Crippen molar-refractivity contribution < 1.29 is 29.3 Å². The molecule has 2 saturated heterocycles. The van der Waals surface area contributed by atoms with Crippen molar-refractivity contribution in [1.82, 2.24) is 9.80 Å². The summed E-state index contributed by atoms with van der Waals surface area (Å²) in [6.45, 7) is 3.39. The fraction of sp³-hybridized carbons (Fsp3) is 0.900. The minimum absolute atomic E-state index is 0.0783. The van der Waals surface area contributed by atoms with E-state index >= 15 is 0 Å². The predicted octanol–water partition coefficient (Wildman–Crippen LogP) is 2.71. The van der Waals surface area contributed by atoms with Gasteiger partial charge in [0.15, 0.2) is 22.7 Å². The normalized spacial score (nSPS) is 36.9. The fourth-order valence-electron chi connectivity index (χ4n) is 5.70. The number of amides is 2. The molecule has 2 spiro atoms. The van der Waals surface area contributed by atoms with Crippen LogP contribution in [-0.2, 0) is 9.47 Å². The first-order valence-electron chi connectivity index (χ1n) is 10.6. The molecular formula is C20H32N2O6. The summed E-state index contributed by atoms with van der Waals surface area (Å²) in [6.07, 6.45) is 7.19. The first-order chi connectivity index (χ1) is 13.2. The number of nitrogens with zero attached hydrogens (tertiary/aromatic N) is 2. The van der Waals surface area contributed by atoms with E-state index in [1.165, 1.54) is 9.80 Å². The third kappa shape index (κ3) is 2.64. The van der Waals surface area contributed by atoms with E-state index in [2.05, 4.69) is 0 Å². The number of carbonyl (C=O) groups is 2. The molecule has 4 aliphatic rings. The molecule has 4 fully saturated rings. The van der Waals surface area contributed by atoms with E-state index in [4.69, 9.17) is 9.47 Å². The minimum atomic E-state index is -1.44. The third-order valence-corrected chi connectivity index (χ3v) is 7.65. The molecule has 0 bridgehead atoms. The Kier molecular flexibility index (Phi) is 4.58. The summed E-state index contributed by atoms with van der Waals surface area (Å²) in [6, 6.07) is 0. The van der Waals surface area contributed by atoms with Crippen molar-refractivity contribution in [1.29, 1.82) is 0 Å². The number of carbonyl (C=O) groups excluding carboxylic acids is 2. The maximum Gasteiger partial charge on any atom is 0.412 e. The van der Waals surface area contributed by atoms with Crippen LogP contribution in [0.4, 0.5) is 9.59 Å². The zero-order valence-corrected chi connectivity index (χ0v) is 16.9. The summed E-state index contributed by atoms with van der Waals surface area (Å²) in [7, 11) is 0. The summed E-state index contributed by atoms with van der Waals surface area (Å²) in [4.78, 5) is 27.7. The topological polar surface area (TPSA) is 99.5 Å². The van der Waals surface area contributed by atoms with Crippen LogP contribution in [0.2, 0.25) is 0 Å². The lowest BCUT2D eigenvalue weighted by molar-refractivity contribution is -0.169. The molecule has 2 atom stereocenters. The number of aliphatic hydroxyl groups is 2. The van der Waals surface area contributed by atoms with Crippen LogP contribution in [0.15, 0.2) is 0 Å². The quantitative estimate of drug-likeness (QED) is 0.761. The summed E-state index contributed by atoms with van der Waals surface area (Å²) >= 11 is 0. The fourth-order valence-corrected chi connectivity index (χ4v) is 5.70. The Morgan fingerprint density at radius 2 is 1.04 bits per heavy atom. The Morgan fingerprint density at radius 1 is 0.714 bits per heavy atom. The van der Waals surface area contributed by atoms with Crippen LogP contribution in [0.5, 0.6) is 0 Å². The molecule has 2 heterocycles. The summed E-state index contributed by atoms with van der Waals surface area (Å²) in [5.74, 6) is 0. The van der Waals surface area contributed by atoms with Crippen molar-refractivity contribution in [3.63, 3.8) is 0 Å². The van der Waals surface area contributed by atoms with Crippen molar-refractivity contribution >= 4 is 12.2 Å². The molecule has 2 N–H and O–H groups in total. The molecule has 8 heteroatoms. The van der Waals surface area contributed by atoms with Crippen LogP contribution in [0.1, 0.15) is 78.1 Å². The van der Waals surface area contributed by atoms with E-state index in [0.29, 0.717) is 25.7 Å². The van der Waals surface area contributed by atoms with Crippen molar-refractivity contribution in [3.8, 4) is 0 Å². The molecule has 8 nitrogen and oxygen atoms in total. The second kappa shape index (κ2) is 6.49. The van der Waals surface area contributed by atoms with Crippen LogP contribution >= 0.6 is 0 Å². The van der Waals surface area contributed by atoms with E-state index < -0.39 is 34.8 Å². The second-order valence-electron chi connectivity index (χ2n) is 9.19. The minimum Gasteiger partial charge on any atom is -0.438 e. The lowest BCUT2D eigenvalue weighted by Gasteiger charge is -2.43. The maximum absolute atomic E-state index is 12.6. The van der Waals surface area contributed by atoms with Crippen molar-refractivity contribution in [2.45, 2.75) is 101 Å². The SMILES string of the molecule is C[C@]1(O)N(CCN2C(=O)OC3(CCCCC3)[C@]2(C)O)C(=O)OC12CCCCC2. The second-order valence-corrected chi connectivity index (χ2v) is 9.19. The average molecular weight is 396 g/mol. The highest BCUT2D eigenvalue weighted by molar-refractivity contribution is 5.74. The Bertz CT molecular complexity index is 593. The molecular weight excluding hydrogens is 364 g/mol. The van der Waals surface area contributed by atoms with Gasteiger partial charge in [-0.05, 0) is 65.2 Å². The lowest BCUT2D eigenvalue weighted by Crippen LogP contribution is -2.61. The van der Waals surface area contributed by atoms with Gasteiger partial charge in [0.1, 0.15) is 0 Å². The van der Waals surface area contributed by atoms with Gasteiger partial charge in [0.05, 0.1) is 0 Å². The van der Waals surface area contributed by atoms with Gasteiger partial charge in [-0.1, -0.05) is 12.8 Å². The predicted molar refractivity (Wildman–Crippen MR) is 99.3 cm³/mol. The molecule has 2 amide bonds. The summed E-state index contributed by atoms with van der Waals surface area (Å²) in [5, 5.41) is 22.4. The van der Waals surface area contributed by atoms with Crippen molar-refractivity contribution in [2.75, 3.05) is 13.1 Å². The first-order valence-corrected chi connectivity index (χ1v) is 10.6. The van der Waals surface area contributed by atoms with Gasteiger partial charge in [-0.15, -0.1) is 0 Å². The van der Waals surface area contributed by atoms with Gasteiger partial charge in [-0.3, -0.25) is 9.80 Å². The van der Waals surface area contributed by atoms with E-state index in [-0.39, 0.29) is 13.1 Å². The van der Waals surface area contributed by atoms with Gasteiger partial charge in [0.25, 0.3) is 0 Å². The van der Waals surface area contributed by atoms with Crippen LogP contribution in [-0.4, -0.2) is 67.9 Å². The van der Waals surface area contributed by atoms with Crippen LogP contribution in [0, 0.1) is 0 Å². The van der Waals surface area contributed by atoms with Gasteiger partial charge in [-0.2, -0.15) is 0 Å². The first kappa shape index (κ1) is 19.8. The van der Waals surface area contributed by atoms with Gasteiger partial charge in [0, 0.05) is 13.1 Å². The smallest absolute Gasteiger partial charge is 0.412 e. The molecule has 4 rings (SSSR count). The molecule has 0 unspecified atom stereocenters. The third-order valence-electron chi connectivity index (χ3n) is 7.65. The number of hydrogen-bond donors (Lipinski definition) is 2. The number of hydrogen-bond acceptors (Lipinski definition) is 6. The van der Waals surface area contributed by atoms with Crippen LogP contribution < -0.4 is 0 Å². The molecule has 2 saturated carbocycles. The van der Waals surface area contributed by atoms with Crippen molar-refractivity contribution in [2.24, 2.45) is 0 Å². The Hall–Kier alpha value is -1.54. The Balaban J connectivity index is 1.49. The Morgan fingerprint density at radius 3 is 1.36 bits per heavy atom. The largest absolute Gasteiger partial charge is 0.438 e. The molecule has 28 heavy (non-hydrogen) atoms. The monoisotopic (exact) mass is 396 g/mol. The van der Waals surface area contributed by atoms with E-state index in [0.717, 1.165) is 38.5 Å². The molecule has 0 aromatic carbocycles.